The topological polar surface area (TPSA) is 113 Å². The molecule has 0 radical (unpaired) electrons. The Balaban J connectivity index is 3.95. The first-order chi connectivity index (χ1) is 15.5. The maximum absolute atomic E-state index is 9.54. The van der Waals surface area contributed by atoms with Crippen LogP contribution in [-0.2, 0) is 0 Å². The quantitative estimate of drug-likeness (QED) is 0.0993. The highest BCUT2D eigenvalue weighted by molar-refractivity contribution is 5.06. The van der Waals surface area contributed by atoms with Crippen molar-refractivity contribution in [1.82, 2.24) is 0 Å². The second kappa shape index (κ2) is 21.1. The summed E-state index contributed by atoms with van der Waals surface area (Å²) in [5.41, 5.74) is 11.8. The SMILES string of the molecule is CCCCCCCCC=CCCCCCCCCC(N)(CCO)C(N)(CCO)CCCO. The summed E-state index contributed by atoms with van der Waals surface area (Å²) in [4.78, 5) is 0. The molecule has 2 atom stereocenters. The van der Waals surface area contributed by atoms with Crippen LogP contribution in [0.25, 0.3) is 0 Å². The third-order valence-corrected chi connectivity index (χ3v) is 7.02. The normalized spacial score (nSPS) is 15.8. The number of hydrogen-bond donors (Lipinski definition) is 5. The van der Waals surface area contributed by atoms with E-state index in [1.807, 2.05) is 0 Å². The maximum atomic E-state index is 9.54. The fourth-order valence-electron chi connectivity index (χ4n) is 4.73. The highest BCUT2D eigenvalue weighted by Gasteiger charge is 2.44. The number of hydrogen-bond acceptors (Lipinski definition) is 5. The summed E-state index contributed by atoms with van der Waals surface area (Å²) < 4.78 is 0. The van der Waals surface area contributed by atoms with Crippen molar-refractivity contribution >= 4 is 0 Å². The first-order valence-electron chi connectivity index (χ1n) is 13.5. The molecular weight excluding hydrogens is 400 g/mol. The van der Waals surface area contributed by atoms with E-state index < -0.39 is 11.1 Å². The highest BCUT2D eigenvalue weighted by Crippen LogP contribution is 2.33. The number of nitrogens with two attached hydrogens (primary N) is 2. The molecule has 32 heavy (non-hydrogen) atoms. The van der Waals surface area contributed by atoms with Gasteiger partial charge in [-0.15, -0.1) is 0 Å². The van der Waals surface area contributed by atoms with Crippen molar-refractivity contribution in [2.45, 2.75) is 140 Å². The lowest BCUT2D eigenvalue weighted by atomic mass is 9.68. The third kappa shape index (κ3) is 14.6. The van der Waals surface area contributed by atoms with Crippen LogP contribution in [0.4, 0.5) is 0 Å². The summed E-state index contributed by atoms with van der Waals surface area (Å²) in [6.45, 7) is 2.29. The maximum Gasteiger partial charge on any atom is 0.0449 e. The molecule has 5 nitrogen and oxygen atoms in total. The zero-order chi connectivity index (χ0) is 24.0. The molecule has 7 N–H and O–H groups in total. The minimum atomic E-state index is -0.755. The highest BCUT2D eigenvalue weighted by atomic mass is 16.3. The molecular formula is C27H56N2O3. The first kappa shape index (κ1) is 31.5. The van der Waals surface area contributed by atoms with Crippen LogP contribution in [0.3, 0.4) is 0 Å². The number of aliphatic hydroxyl groups is 3. The van der Waals surface area contributed by atoms with Gasteiger partial charge in [-0.05, 0) is 57.8 Å². The monoisotopic (exact) mass is 456 g/mol. The Hall–Kier alpha value is -0.460. The molecule has 0 heterocycles. The molecule has 0 aromatic rings. The van der Waals surface area contributed by atoms with Crippen LogP contribution in [0.1, 0.15) is 129 Å². The Morgan fingerprint density at radius 3 is 1.34 bits per heavy atom. The Morgan fingerprint density at radius 2 is 0.906 bits per heavy atom. The average molecular weight is 457 g/mol. The standard InChI is InChI=1S/C27H56N2O3/c1-2-3-4-5-6-7-8-9-10-11-12-13-14-15-16-17-19-26(28,21-24-31)27(29,22-25-32)20-18-23-30/h9-10,30-32H,2-8,11-25,28-29H2,1H3. The minimum absolute atomic E-state index is 0.00756. The number of unbranched alkanes of at least 4 members (excludes halogenated alkanes) is 12. The molecule has 0 bridgehead atoms. The molecule has 0 aliphatic carbocycles. The predicted molar refractivity (Wildman–Crippen MR) is 138 cm³/mol. The van der Waals surface area contributed by atoms with E-state index in [2.05, 4.69) is 19.1 Å². The molecule has 0 aromatic heterocycles. The van der Waals surface area contributed by atoms with Gasteiger partial charge in [0.05, 0.1) is 0 Å². The fraction of sp³-hybridized carbons (Fsp3) is 0.926. The lowest BCUT2D eigenvalue weighted by Crippen LogP contribution is -2.66. The zero-order valence-electron chi connectivity index (χ0n) is 21.2. The third-order valence-electron chi connectivity index (χ3n) is 7.02. The number of allylic oxidation sites excluding steroid dienone is 2. The van der Waals surface area contributed by atoms with Crippen LogP contribution in [0.15, 0.2) is 12.2 Å². The van der Waals surface area contributed by atoms with Crippen molar-refractivity contribution in [3.63, 3.8) is 0 Å². The van der Waals surface area contributed by atoms with Crippen LogP contribution in [0, 0.1) is 0 Å². The van der Waals surface area contributed by atoms with Gasteiger partial charge in [0.15, 0.2) is 0 Å². The summed E-state index contributed by atoms with van der Waals surface area (Å²) in [6.07, 6.45) is 25.1. The molecule has 0 aliphatic heterocycles. The summed E-state index contributed by atoms with van der Waals surface area (Å²) >= 11 is 0. The Bertz CT molecular complexity index is 433. The molecule has 0 aromatic carbocycles. The fourth-order valence-corrected chi connectivity index (χ4v) is 4.73. The first-order valence-corrected chi connectivity index (χ1v) is 13.5. The van der Waals surface area contributed by atoms with Gasteiger partial charge in [0.25, 0.3) is 0 Å². The molecule has 0 spiro atoms. The summed E-state index contributed by atoms with van der Waals surface area (Å²) in [5.74, 6) is 0. The van der Waals surface area contributed by atoms with E-state index >= 15 is 0 Å². The predicted octanol–water partition coefficient (Wildman–Crippen LogP) is 5.35. The smallest absolute Gasteiger partial charge is 0.0449 e. The van der Waals surface area contributed by atoms with E-state index in [4.69, 9.17) is 11.5 Å². The summed E-state index contributed by atoms with van der Waals surface area (Å²) in [7, 11) is 0. The van der Waals surface area contributed by atoms with Crippen molar-refractivity contribution in [1.29, 1.82) is 0 Å². The van der Waals surface area contributed by atoms with Crippen LogP contribution < -0.4 is 11.5 Å². The summed E-state index contributed by atoms with van der Waals surface area (Å²) in [6, 6.07) is 0. The van der Waals surface area contributed by atoms with Crippen LogP contribution in [-0.4, -0.2) is 46.2 Å². The van der Waals surface area contributed by atoms with E-state index in [0.29, 0.717) is 25.7 Å². The zero-order valence-corrected chi connectivity index (χ0v) is 21.2. The number of rotatable bonds is 24. The molecule has 0 amide bonds. The average Bonchev–Trinajstić information content (AvgIpc) is 2.77. The van der Waals surface area contributed by atoms with Gasteiger partial charge in [0, 0.05) is 30.9 Å². The molecule has 192 valence electrons. The van der Waals surface area contributed by atoms with Gasteiger partial charge < -0.3 is 26.8 Å². The largest absolute Gasteiger partial charge is 0.396 e. The molecule has 0 fully saturated rings. The molecule has 0 rings (SSSR count). The van der Waals surface area contributed by atoms with Crippen LogP contribution >= 0.6 is 0 Å². The van der Waals surface area contributed by atoms with E-state index in [9.17, 15) is 15.3 Å². The van der Waals surface area contributed by atoms with E-state index in [1.54, 1.807) is 0 Å². The van der Waals surface area contributed by atoms with Crippen molar-refractivity contribution < 1.29 is 15.3 Å². The molecule has 0 saturated heterocycles. The van der Waals surface area contributed by atoms with E-state index in [1.165, 1.54) is 77.0 Å². The van der Waals surface area contributed by atoms with Crippen LogP contribution in [0.2, 0.25) is 0 Å². The van der Waals surface area contributed by atoms with Gasteiger partial charge in [-0.25, -0.2) is 0 Å². The van der Waals surface area contributed by atoms with E-state index in [0.717, 1.165) is 19.3 Å². The Morgan fingerprint density at radius 1 is 0.500 bits per heavy atom. The molecule has 5 heteroatoms. The Kier molecular flexibility index (Phi) is 20.8. The lowest BCUT2D eigenvalue weighted by Gasteiger charge is -2.46. The summed E-state index contributed by atoms with van der Waals surface area (Å²) in [5, 5.41) is 28.2. The number of aliphatic hydroxyl groups excluding tert-OH is 3. The van der Waals surface area contributed by atoms with Gasteiger partial charge in [-0.3, -0.25) is 0 Å². The van der Waals surface area contributed by atoms with Gasteiger partial charge in [-0.1, -0.05) is 83.3 Å². The molecule has 2 unspecified atom stereocenters. The van der Waals surface area contributed by atoms with Gasteiger partial charge >= 0.3 is 0 Å². The van der Waals surface area contributed by atoms with Crippen LogP contribution in [0.5, 0.6) is 0 Å². The van der Waals surface area contributed by atoms with Crippen molar-refractivity contribution in [2.24, 2.45) is 11.5 Å². The van der Waals surface area contributed by atoms with Crippen molar-refractivity contribution in [2.75, 3.05) is 19.8 Å². The van der Waals surface area contributed by atoms with Gasteiger partial charge in [0.2, 0.25) is 0 Å². The Labute approximate surface area is 199 Å². The second-order valence-corrected chi connectivity index (χ2v) is 9.77. The molecule has 0 saturated carbocycles. The van der Waals surface area contributed by atoms with E-state index in [-0.39, 0.29) is 19.8 Å². The second-order valence-electron chi connectivity index (χ2n) is 9.77. The van der Waals surface area contributed by atoms with Crippen molar-refractivity contribution in [3.8, 4) is 0 Å². The van der Waals surface area contributed by atoms with Gasteiger partial charge in [-0.2, -0.15) is 0 Å². The molecule has 0 aliphatic rings. The van der Waals surface area contributed by atoms with Crippen molar-refractivity contribution in [3.05, 3.63) is 12.2 Å². The van der Waals surface area contributed by atoms with Gasteiger partial charge in [0.1, 0.15) is 0 Å². The minimum Gasteiger partial charge on any atom is -0.396 e. The lowest BCUT2D eigenvalue weighted by molar-refractivity contribution is 0.102.